The first-order valence-corrected chi connectivity index (χ1v) is 9.89. The van der Waals surface area contributed by atoms with E-state index < -0.39 is 5.60 Å². The highest BCUT2D eigenvalue weighted by molar-refractivity contribution is 5.53. The minimum atomic E-state index is -0.585. The number of likely N-dealkylation sites (tertiary alicyclic amines) is 1. The zero-order valence-electron chi connectivity index (χ0n) is 16.4. The van der Waals surface area contributed by atoms with Crippen LogP contribution >= 0.6 is 0 Å². The Morgan fingerprint density at radius 3 is 2.62 bits per heavy atom. The quantitative estimate of drug-likeness (QED) is 0.870. The first-order valence-electron chi connectivity index (χ1n) is 9.89. The summed E-state index contributed by atoms with van der Waals surface area (Å²) in [5.41, 5.74) is 1.59. The van der Waals surface area contributed by atoms with Gasteiger partial charge in [-0.15, -0.1) is 0 Å². The van der Waals surface area contributed by atoms with Crippen LogP contribution in [0.5, 0.6) is 0 Å². The molecule has 1 aromatic carbocycles. The van der Waals surface area contributed by atoms with Crippen molar-refractivity contribution in [1.29, 1.82) is 0 Å². The first-order chi connectivity index (χ1) is 12.4. The summed E-state index contributed by atoms with van der Waals surface area (Å²) >= 11 is 0. The van der Waals surface area contributed by atoms with E-state index in [2.05, 4.69) is 16.7 Å². The van der Waals surface area contributed by atoms with Crippen molar-refractivity contribution in [3.05, 3.63) is 29.6 Å². The molecule has 2 fully saturated rings. The molecule has 0 bridgehead atoms. The van der Waals surface area contributed by atoms with Gasteiger partial charge in [0.25, 0.3) is 0 Å². The standard InChI is InChI=1S/C21H33FN2O2/c1-16-14-18(22)4-5-20(16)23-10-6-19(7-11-23)24-12-8-21(25,9-13-26-3)17(2)15-24/h4-5,14,17,19,25H,6-13,15H2,1-3H3/t17-,21-/m1/s1. The van der Waals surface area contributed by atoms with Gasteiger partial charge in [-0.1, -0.05) is 6.92 Å². The van der Waals surface area contributed by atoms with Crippen molar-refractivity contribution in [2.75, 3.05) is 44.8 Å². The number of halogens is 1. The van der Waals surface area contributed by atoms with Crippen LogP contribution in [0.3, 0.4) is 0 Å². The summed E-state index contributed by atoms with van der Waals surface area (Å²) in [6, 6.07) is 5.67. The second kappa shape index (κ2) is 8.24. The summed E-state index contributed by atoms with van der Waals surface area (Å²) < 4.78 is 18.5. The average Bonchev–Trinajstić information content (AvgIpc) is 2.63. The second-order valence-corrected chi connectivity index (χ2v) is 8.14. The molecule has 0 radical (unpaired) electrons. The smallest absolute Gasteiger partial charge is 0.123 e. The minimum Gasteiger partial charge on any atom is -0.389 e. The molecule has 5 heteroatoms. The predicted molar refractivity (Wildman–Crippen MR) is 103 cm³/mol. The highest BCUT2D eigenvalue weighted by atomic mass is 19.1. The van der Waals surface area contributed by atoms with Crippen molar-refractivity contribution in [3.8, 4) is 0 Å². The van der Waals surface area contributed by atoms with Crippen LogP contribution in [0.1, 0.15) is 38.2 Å². The fourth-order valence-corrected chi connectivity index (χ4v) is 4.62. The normalized spacial score (nSPS) is 28.5. The largest absolute Gasteiger partial charge is 0.389 e. The van der Waals surface area contributed by atoms with Crippen molar-refractivity contribution >= 4 is 5.69 Å². The van der Waals surface area contributed by atoms with Gasteiger partial charge < -0.3 is 14.7 Å². The second-order valence-electron chi connectivity index (χ2n) is 8.14. The number of piperidine rings is 2. The van der Waals surface area contributed by atoms with E-state index in [1.165, 1.54) is 0 Å². The summed E-state index contributed by atoms with van der Waals surface area (Å²) in [6.45, 7) is 8.71. The molecule has 0 aromatic heterocycles. The first kappa shape index (κ1) is 19.6. The van der Waals surface area contributed by atoms with E-state index in [4.69, 9.17) is 4.74 Å². The summed E-state index contributed by atoms with van der Waals surface area (Å²) in [5, 5.41) is 10.9. The van der Waals surface area contributed by atoms with Crippen LogP contribution in [-0.2, 0) is 4.74 Å². The third-order valence-electron chi connectivity index (χ3n) is 6.48. The van der Waals surface area contributed by atoms with Gasteiger partial charge in [-0.25, -0.2) is 4.39 Å². The van der Waals surface area contributed by atoms with Gasteiger partial charge in [0.05, 0.1) is 5.60 Å². The molecule has 3 rings (SSSR count). The van der Waals surface area contributed by atoms with Crippen LogP contribution < -0.4 is 4.90 Å². The Labute approximate surface area is 156 Å². The maximum atomic E-state index is 13.3. The van der Waals surface area contributed by atoms with Crippen LogP contribution in [0.4, 0.5) is 10.1 Å². The van der Waals surface area contributed by atoms with E-state index in [9.17, 15) is 9.50 Å². The van der Waals surface area contributed by atoms with Crippen LogP contribution in [0, 0.1) is 18.7 Å². The minimum absolute atomic E-state index is 0.163. The molecule has 0 unspecified atom stereocenters. The lowest BCUT2D eigenvalue weighted by molar-refractivity contribution is -0.0898. The molecule has 0 aliphatic carbocycles. The monoisotopic (exact) mass is 364 g/mol. The highest BCUT2D eigenvalue weighted by Gasteiger charge is 2.40. The molecule has 0 spiro atoms. The molecule has 2 aliphatic rings. The van der Waals surface area contributed by atoms with Crippen molar-refractivity contribution in [3.63, 3.8) is 0 Å². The lowest BCUT2D eigenvalue weighted by Gasteiger charge is -2.48. The zero-order valence-corrected chi connectivity index (χ0v) is 16.4. The van der Waals surface area contributed by atoms with E-state index in [-0.39, 0.29) is 11.7 Å². The number of benzene rings is 1. The van der Waals surface area contributed by atoms with Gasteiger partial charge in [-0.3, -0.25) is 4.90 Å². The van der Waals surface area contributed by atoms with Gasteiger partial charge >= 0.3 is 0 Å². The average molecular weight is 365 g/mol. The van der Waals surface area contributed by atoms with Gasteiger partial charge in [0.2, 0.25) is 0 Å². The van der Waals surface area contributed by atoms with Crippen LogP contribution in [0.25, 0.3) is 0 Å². The number of aliphatic hydroxyl groups is 1. The maximum Gasteiger partial charge on any atom is 0.123 e. The van der Waals surface area contributed by atoms with Gasteiger partial charge in [-0.05, 0) is 62.3 Å². The number of ether oxygens (including phenoxy) is 1. The molecule has 2 heterocycles. The van der Waals surface area contributed by atoms with Gasteiger partial charge in [-0.2, -0.15) is 0 Å². The topological polar surface area (TPSA) is 35.9 Å². The number of aryl methyl sites for hydroxylation is 1. The van der Waals surface area contributed by atoms with Gasteiger partial charge in [0.1, 0.15) is 5.82 Å². The molecular formula is C21H33FN2O2. The Morgan fingerprint density at radius 2 is 2.00 bits per heavy atom. The zero-order chi connectivity index (χ0) is 18.7. The third kappa shape index (κ3) is 4.21. The summed E-state index contributed by atoms with van der Waals surface area (Å²) in [7, 11) is 1.69. The molecule has 146 valence electrons. The Morgan fingerprint density at radius 1 is 1.27 bits per heavy atom. The number of hydrogen-bond acceptors (Lipinski definition) is 4. The molecule has 26 heavy (non-hydrogen) atoms. The fourth-order valence-electron chi connectivity index (χ4n) is 4.62. The number of hydrogen-bond donors (Lipinski definition) is 1. The number of methoxy groups -OCH3 is 1. The van der Waals surface area contributed by atoms with E-state index in [1.54, 1.807) is 19.2 Å². The van der Waals surface area contributed by atoms with Crippen LogP contribution in [-0.4, -0.2) is 61.5 Å². The Balaban J connectivity index is 1.54. The van der Waals surface area contributed by atoms with Crippen molar-refractivity contribution < 1.29 is 14.2 Å². The SMILES string of the molecule is COCC[C@]1(O)CCN(C2CCN(c3ccc(F)cc3C)CC2)C[C@H]1C. The van der Waals surface area contributed by atoms with Crippen molar-refractivity contribution in [2.45, 2.75) is 51.2 Å². The molecule has 2 saturated heterocycles. The Kier molecular flexibility index (Phi) is 6.21. The fraction of sp³-hybridized carbons (Fsp3) is 0.714. The third-order valence-corrected chi connectivity index (χ3v) is 6.48. The van der Waals surface area contributed by atoms with Crippen LogP contribution in [0.2, 0.25) is 0 Å². The van der Waals surface area contributed by atoms with Crippen molar-refractivity contribution in [1.82, 2.24) is 4.90 Å². The molecule has 2 aliphatic heterocycles. The summed E-state index contributed by atoms with van der Waals surface area (Å²) in [4.78, 5) is 4.95. The molecule has 0 saturated carbocycles. The number of rotatable bonds is 5. The lowest BCUT2D eigenvalue weighted by Crippen LogP contribution is -2.55. The molecule has 0 amide bonds. The molecule has 1 aromatic rings. The summed E-state index contributed by atoms with van der Waals surface area (Å²) in [5.74, 6) is 0.105. The van der Waals surface area contributed by atoms with E-state index in [0.717, 1.165) is 63.1 Å². The van der Waals surface area contributed by atoms with Crippen molar-refractivity contribution in [2.24, 2.45) is 5.92 Å². The lowest BCUT2D eigenvalue weighted by atomic mass is 9.79. The molecule has 1 N–H and O–H groups in total. The van der Waals surface area contributed by atoms with Gasteiger partial charge in [0.15, 0.2) is 0 Å². The van der Waals surface area contributed by atoms with Gasteiger partial charge in [0, 0.05) is 51.6 Å². The highest BCUT2D eigenvalue weighted by Crippen LogP contribution is 2.34. The van der Waals surface area contributed by atoms with E-state index in [1.807, 2.05) is 13.0 Å². The molecular weight excluding hydrogens is 331 g/mol. The predicted octanol–water partition coefficient (Wildman–Crippen LogP) is 3.21. The number of nitrogens with zero attached hydrogens (tertiary/aromatic N) is 2. The Bertz CT molecular complexity index is 604. The van der Waals surface area contributed by atoms with Crippen LogP contribution in [0.15, 0.2) is 18.2 Å². The number of anilines is 1. The molecule has 2 atom stereocenters. The van der Waals surface area contributed by atoms with E-state index in [0.29, 0.717) is 12.6 Å². The molecule has 4 nitrogen and oxygen atoms in total. The van der Waals surface area contributed by atoms with E-state index >= 15 is 0 Å². The summed E-state index contributed by atoms with van der Waals surface area (Å²) in [6.07, 6.45) is 3.80. The Hall–Kier alpha value is -1.17. The maximum absolute atomic E-state index is 13.3.